The molecule has 0 aliphatic carbocycles. The van der Waals surface area contributed by atoms with Gasteiger partial charge < -0.3 is 20.1 Å². The van der Waals surface area contributed by atoms with Gasteiger partial charge in [-0.15, -0.1) is 0 Å². The number of rotatable bonds is 7. The number of carbonyl (C=O) groups is 2. The van der Waals surface area contributed by atoms with Crippen LogP contribution >= 0.6 is 0 Å². The summed E-state index contributed by atoms with van der Waals surface area (Å²) in [5, 5.41) is 5.58. The number of nitrogens with zero attached hydrogens (tertiary/aromatic N) is 1. The Morgan fingerprint density at radius 1 is 0.897 bits per heavy atom. The molecule has 0 radical (unpaired) electrons. The second kappa shape index (κ2) is 9.36. The number of methoxy groups -OCH3 is 2. The third-order valence-corrected chi connectivity index (χ3v) is 4.23. The van der Waals surface area contributed by atoms with Crippen molar-refractivity contribution in [2.24, 2.45) is 0 Å². The number of pyridine rings is 1. The molecular weight excluding hydrogens is 370 g/mol. The maximum Gasteiger partial charge on any atom is 0.257 e. The van der Waals surface area contributed by atoms with Crippen molar-refractivity contribution in [3.63, 3.8) is 0 Å². The molecule has 29 heavy (non-hydrogen) atoms. The molecular formula is C22H21N3O4. The van der Waals surface area contributed by atoms with E-state index in [1.807, 2.05) is 30.3 Å². The SMILES string of the molecule is COc1ccc(CNC(=O)c2cncc(C(=O)Nc3ccccc3OC)c2)cc1. The van der Waals surface area contributed by atoms with E-state index in [9.17, 15) is 9.59 Å². The van der Waals surface area contributed by atoms with Crippen LogP contribution in [0.4, 0.5) is 5.69 Å². The van der Waals surface area contributed by atoms with Crippen LogP contribution in [0.2, 0.25) is 0 Å². The fraction of sp³-hybridized carbons (Fsp3) is 0.136. The van der Waals surface area contributed by atoms with Gasteiger partial charge in [0.15, 0.2) is 0 Å². The van der Waals surface area contributed by atoms with Crippen LogP contribution in [0.15, 0.2) is 67.0 Å². The van der Waals surface area contributed by atoms with Crippen LogP contribution < -0.4 is 20.1 Å². The summed E-state index contributed by atoms with van der Waals surface area (Å²) in [4.78, 5) is 29.0. The lowest BCUT2D eigenvalue weighted by Gasteiger charge is -2.10. The summed E-state index contributed by atoms with van der Waals surface area (Å²) in [6.45, 7) is 0.348. The molecule has 0 unspecified atom stereocenters. The van der Waals surface area contributed by atoms with Crippen LogP contribution in [0, 0.1) is 0 Å². The van der Waals surface area contributed by atoms with Crippen molar-refractivity contribution < 1.29 is 19.1 Å². The summed E-state index contributed by atoms with van der Waals surface area (Å²) in [6, 6.07) is 16.0. The molecule has 7 heteroatoms. The predicted octanol–water partition coefficient (Wildman–Crippen LogP) is 3.28. The lowest BCUT2D eigenvalue weighted by molar-refractivity contribution is 0.0950. The number of hydrogen-bond donors (Lipinski definition) is 2. The summed E-state index contributed by atoms with van der Waals surface area (Å²) in [5.74, 6) is 0.590. The number of ether oxygens (including phenoxy) is 2. The predicted molar refractivity (Wildman–Crippen MR) is 109 cm³/mol. The minimum atomic E-state index is -0.383. The summed E-state index contributed by atoms with van der Waals surface area (Å²) < 4.78 is 10.3. The molecule has 0 saturated carbocycles. The lowest BCUT2D eigenvalue weighted by Crippen LogP contribution is -2.23. The molecule has 3 aromatic rings. The molecule has 0 atom stereocenters. The van der Waals surface area contributed by atoms with E-state index in [1.165, 1.54) is 25.6 Å². The summed E-state index contributed by atoms with van der Waals surface area (Å²) in [7, 11) is 3.13. The molecule has 148 valence electrons. The Balaban J connectivity index is 1.66. The Hall–Kier alpha value is -3.87. The smallest absolute Gasteiger partial charge is 0.257 e. The van der Waals surface area contributed by atoms with Crippen molar-refractivity contribution in [2.45, 2.75) is 6.54 Å². The van der Waals surface area contributed by atoms with Crippen molar-refractivity contribution in [1.82, 2.24) is 10.3 Å². The number of amides is 2. The topological polar surface area (TPSA) is 89.5 Å². The quantitative estimate of drug-likeness (QED) is 0.645. The minimum Gasteiger partial charge on any atom is -0.497 e. The van der Waals surface area contributed by atoms with Crippen LogP contribution in [-0.4, -0.2) is 31.0 Å². The molecule has 0 bridgehead atoms. The molecule has 0 aliphatic heterocycles. The van der Waals surface area contributed by atoms with Gasteiger partial charge in [0, 0.05) is 18.9 Å². The highest BCUT2D eigenvalue weighted by molar-refractivity contribution is 6.06. The third kappa shape index (κ3) is 5.10. The van der Waals surface area contributed by atoms with Gasteiger partial charge in [-0.25, -0.2) is 0 Å². The Labute approximate surface area is 168 Å². The summed E-state index contributed by atoms with van der Waals surface area (Å²) in [5.41, 5.74) is 2.03. The van der Waals surface area contributed by atoms with Gasteiger partial charge in [-0.1, -0.05) is 24.3 Å². The molecule has 0 saturated heterocycles. The molecule has 7 nitrogen and oxygen atoms in total. The first-order chi connectivity index (χ1) is 14.1. The molecule has 2 N–H and O–H groups in total. The molecule has 2 amide bonds. The molecule has 0 fully saturated rings. The molecule has 0 aliphatic rings. The third-order valence-electron chi connectivity index (χ3n) is 4.23. The van der Waals surface area contributed by atoms with Crippen LogP contribution in [0.25, 0.3) is 0 Å². The van der Waals surface area contributed by atoms with Crippen LogP contribution in [0.5, 0.6) is 11.5 Å². The van der Waals surface area contributed by atoms with E-state index in [2.05, 4.69) is 15.6 Å². The largest absolute Gasteiger partial charge is 0.497 e. The van der Waals surface area contributed by atoms with Crippen LogP contribution in [0.1, 0.15) is 26.3 Å². The zero-order valence-corrected chi connectivity index (χ0v) is 16.1. The van der Waals surface area contributed by atoms with E-state index >= 15 is 0 Å². The van der Waals surface area contributed by atoms with E-state index in [0.717, 1.165) is 11.3 Å². The Morgan fingerprint density at radius 3 is 2.28 bits per heavy atom. The van der Waals surface area contributed by atoms with Gasteiger partial charge in [0.1, 0.15) is 11.5 Å². The van der Waals surface area contributed by atoms with Crippen molar-refractivity contribution >= 4 is 17.5 Å². The second-order valence-corrected chi connectivity index (χ2v) is 6.15. The number of benzene rings is 2. The molecule has 1 aromatic heterocycles. The molecule has 0 spiro atoms. The number of carbonyl (C=O) groups excluding carboxylic acids is 2. The number of para-hydroxylation sites is 2. The first-order valence-electron chi connectivity index (χ1n) is 8.91. The van der Waals surface area contributed by atoms with Gasteiger partial charge in [0.2, 0.25) is 0 Å². The first kappa shape index (κ1) is 19.9. The van der Waals surface area contributed by atoms with Crippen molar-refractivity contribution in [1.29, 1.82) is 0 Å². The molecule has 2 aromatic carbocycles. The number of hydrogen-bond acceptors (Lipinski definition) is 5. The minimum absolute atomic E-state index is 0.271. The van der Waals surface area contributed by atoms with Gasteiger partial charge in [-0.3, -0.25) is 14.6 Å². The fourth-order valence-corrected chi connectivity index (χ4v) is 2.66. The van der Waals surface area contributed by atoms with Crippen LogP contribution in [-0.2, 0) is 6.54 Å². The van der Waals surface area contributed by atoms with Crippen LogP contribution in [0.3, 0.4) is 0 Å². The lowest BCUT2D eigenvalue weighted by atomic mass is 10.1. The van der Waals surface area contributed by atoms with E-state index in [-0.39, 0.29) is 17.4 Å². The Morgan fingerprint density at radius 2 is 1.59 bits per heavy atom. The maximum absolute atomic E-state index is 12.5. The van der Waals surface area contributed by atoms with Gasteiger partial charge >= 0.3 is 0 Å². The number of nitrogens with one attached hydrogen (secondary N) is 2. The number of aromatic nitrogens is 1. The van der Waals surface area contributed by atoms with Gasteiger partial charge in [0.25, 0.3) is 11.8 Å². The first-order valence-corrected chi connectivity index (χ1v) is 8.91. The highest BCUT2D eigenvalue weighted by atomic mass is 16.5. The average molecular weight is 391 g/mol. The average Bonchev–Trinajstić information content (AvgIpc) is 2.78. The van der Waals surface area contributed by atoms with Crippen molar-refractivity contribution in [2.75, 3.05) is 19.5 Å². The Bertz CT molecular complexity index is 1000. The monoisotopic (exact) mass is 391 g/mol. The molecule has 3 rings (SSSR count). The summed E-state index contributed by atoms with van der Waals surface area (Å²) in [6.07, 6.45) is 2.83. The standard InChI is InChI=1S/C22H21N3O4/c1-28-18-9-7-15(8-10-18)12-24-21(26)16-11-17(14-23-13-16)22(27)25-19-5-3-4-6-20(19)29-2/h3-11,13-14H,12H2,1-2H3,(H,24,26)(H,25,27). The van der Waals surface area contributed by atoms with Gasteiger partial charge in [-0.05, 0) is 35.9 Å². The zero-order valence-electron chi connectivity index (χ0n) is 16.1. The van der Waals surface area contributed by atoms with E-state index in [4.69, 9.17) is 9.47 Å². The van der Waals surface area contributed by atoms with Gasteiger partial charge in [-0.2, -0.15) is 0 Å². The maximum atomic E-state index is 12.5. The number of anilines is 1. The highest BCUT2D eigenvalue weighted by Crippen LogP contribution is 2.23. The second-order valence-electron chi connectivity index (χ2n) is 6.15. The van der Waals surface area contributed by atoms with Crippen molar-refractivity contribution in [3.8, 4) is 11.5 Å². The fourth-order valence-electron chi connectivity index (χ4n) is 2.66. The highest BCUT2D eigenvalue weighted by Gasteiger charge is 2.13. The summed E-state index contributed by atoms with van der Waals surface area (Å²) >= 11 is 0. The zero-order chi connectivity index (χ0) is 20.6. The normalized spacial score (nSPS) is 10.1. The van der Waals surface area contributed by atoms with E-state index in [0.29, 0.717) is 23.5 Å². The van der Waals surface area contributed by atoms with E-state index in [1.54, 1.807) is 25.3 Å². The van der Waals surface area contributed by atoms with Gasteiger partial charge in [0.05, 0.1) is 31.0 Å². The van der Waals surface area contributed by atoms with Crippen molar-refractivity contribution in [3.05, 3.63) is 83.7 Å². The van der Waals surface area contributed by atoms with E-state index < -0.39 is 0 Å². The Kier molecular flexibility index (Phi) is 6.42. The molecule has 1 heterocycles.